The normalized spacial score (nSPS) is 23.1. The van der Waals surface area contributed by atoms with Gasteiger partial charge in [-0.25, -0.2) is 0 Å². The van der Waals surface area contributed by atoms with Gasteiger partial charge in [0.2, 0.25) is 0 Å². The molecule has 2 aromatic carbocycles. The Morgan fingerprint density at radius 2 is 1.65 bits per heavy atom. The largest absolute Gasteiger partial charge is 0.375 e. The lowest BCUT2D eigenvalue weighted by Gasteiger charge is -2.42. The third-order valence-corrected chi connectivity index (χ3v) is 7.72. The molecule has 0 aromatic heterocycles. The van der Waals surface area contributed by atoms with Crippen LogP contribution in [0.15, 0.2) is 34.8 Å². The Morgan fingerprint density at radius 1 is 1.03 bits per heavy atom. The Balaban J connectivity index is 1.78. The van der Waals surface area contributed by atoms with E-state index in [4.69, 9.17) is 0 Å². The summed E-state index contributed by atoms with van der Waals surface area (Å²) < 4.78 is 0.751. The van der Waals surface area contributed by atoms with Gasteiger partial charge in [0.25, 0.3) is 5.91 Å². The van der Waals surface area contributed by atoms with Gasteiger partial charge in [-0.2, -0.15) is 0 Å². The molecule has 4 nitrogen and oxygen atoms in total. The molecule has 1 aliphatic carbocycles. The highest BCUT2D eigenvalue weighted by Crippen LogP contribution is 2.47. The molecule has 0 unspecified atom stereocenters. The van der Waals surface area contributed by atoms with Crippen LogP contribution in [0.3, 0.4) is 0 Å². The summed E-state index contributed by atoms with van der Waals surface area (Å²) in [7, 11) is 0. The summed E-state index contributed by atoms with van der Waals surface area (Å²) in [4.78, 5) is 26.2. The van der Waals surface area contributed by atoms with Crippen molar-refractivity contribution in [2.45, 2.75) is 76.7 Å². The number of nitrogens with one attached hydrogen (secondary N) is 1. The van der Waals surface area contributed by atoms with Gasteiger partial charge >= 0.3 is 0 Å². The van der Waals surface area contributed by atoms with Crippen molar-refractivity contribution in [2.75, 3.05) is 5.32 Å². The zero-order valence-corrected chi connectivity index (χ0v) is 20.4. The monoisotopic (exact) mass is 483 g/mol. The fourth-order valence-corrected chi connectivity index (χ4v) is 5.39. The highest BCUT2D eigenvalue weighted by Gasteiger charge is 2.47. The van der Waals surface area contributed by atoms with E-state index in [1.54, 1.807) is 18.2 Å². The van der Waals surface area contributed by atoms with Crippen LogP contribution in [0.4, 0.5) is 5.69 Å². The second-order valence-electron chi connectivity index (χ2n) is 10.3. The lowest BCUT2D eigenvalue weighted by molar-refractivity contribution is -0.133. The molecule has 2 N–H and O–H groups in total. The van der Waals surface area contributed by atoms with E-state index in [-0.39, 0.29) is 23.0 Å². The van der Waals surface area contributed by atoms with Gasteiger partial charge in [-0.15, -0.1) is 0 Å². The lowest BCUT2D eigenvalue weighted by atomic mass is 9.62. The summed E-state index contributed by atoms with van der Waals surface area (Å²) >= 11 is 3.40. The minimum Gasteiger partial charge on any atom is -0.375 e. The first-order chi connectivity index (χ1) is 14.4. The Labute approximate surface area is 192 Å². The van der Waals surface area contributed by atoms with Crippen molar-refractivity contribution in [1.82, 2.24) is 0 Å². The van der Waals surface area contributed by atoms with Crippen LogP contribution in [-0.4, -0.2) is 16.8 Å². The first kappa shape index (κ1) is 22.2. The number of hydrogen-bond donors (Lipinski definition) is 2. The Morgan fingerprint density at radius 3 is 2.26 bits per heavy atom. The fraction of sp³-hybridized carbons (Fsp3) is 0.462. The van der Waals surface area contributed by atoms with Gasteiger partial charge < -0.3 is 10.4 Å². The molecule has 31 heavy (non-hydrogen) atoms. The molecule has 1 heterocycles. The summed E-state index contributed by atoms with van der Waals surface area (Å²) in [6.07, 6.45) is 2.60. The van der Waals surface area contributed by atoms with Crippen LogP contribution in [0.5, 0.6) is 0 Å². The Kier molecular flexibility index (Phi) is 5.22. The predicted octanol–water partition coefficient (Wildman–Crippen LogP) is 5.77. The maximum Gasteiger partial charge on any atom is 0.261 e. The van der Waals surface area contributed by atoms with Crippen molar-refractivity contribution >= 4 is 33.3 Å². The molecule has 0 bridgehead atoms. The summed E-state index contributed by atoms with van der Waals surface area (Å²) in [6, 6.07) is 9.47. The second kappa shape index (κ2) is 7.28. The highest BCUT2D eigenvalue weighted by atomic mass is 79.9. The van der Waals surface area contributed by atoms with E-state index in [0.29, 0.717) is 16.8 Å². The van der Waals surface area contributed by atoms with Crippen molar-refractivity contribution in [3.8, 4) is 0 Å². The number of carbonyl (C=O) groups is 2. The lowest BCUT2D eigenvalue weighted by Crippen LogP contribution is -2.37. The summed E-state index contributed by atoms with van der Waals surface area (Å²) in [6.45, 7) is 11.0. The number of fused-ring (bicyclic) bond motifs is 2. The molecule has 1 amide bonds. The van der Waals surface area contributed by atoms with Gasteiger partial charge in [-0.05, 0) is 71.0 Å². The first-order valence-electron chi connectivity index (χ1n) is 10.9. The molecule has 0 saturated carbocycles. The van der Waals surface area contributed by atoms with E-state index in [0.717, 1.165) is 29.3 Å². The highest BCUT2D eigenvalue weighted by molar-refractivity contribution is 9.10. The molecule has 164 valence electrons. The van der Waals surface area contributed by atoms with E-state index < -0.39 is 11.5 Å². The summed E-state index contributed by atoms with van der Waals surface area (Å²) in [5.41, 5.74) is 3.27. The summed E-state index contributed by atoms with van der Waals surface area (Å²) in [5, 5.41) is 14.0. The number of amides is 1. The number of aryl methyl sites for hydroxylation is 1. The number of benzene rings is 2. The smallest absolute Gasteiger partial charge is 0.261 e. The number of ketones is 1. The standard InChI is InChI=1S/C26H30BrNO3/c1-6-15-11-18-19(25(4,5)10-9-24(18,2)3)13-17(15)22(29)14-26(31)20-12-16(27)7-8-21(20)28-23(26)30/h7-8,11-13,31H,6,9-10,14H2,1-5H3,(H,28,30)/t26-/m0/s1. The van der Waals surface area contributed by atoms with E-state index in [1.807, 2.05) is 13.0 Å². The molecular formula is C26H30BrNO3. The van der Waals surface area contributed by atoms with Crippen LogP contribution < -0.4 is 5.32 Å². The SMILES string of the molecule is CCc1cc2c(cc1C(=O)C[C@@]1(O)C(=O)Nc3ccc(Br)cc31)C(C)(C)CCC2(C)C. The minimum absolute atomic E-state index is 0.0226. The van der Waals surface area contributed by atoms with E-state index in [2.05, 4.69) is 55.0 Å². The van der Waals surface area contributed by atoms with Crippen molar-refractivity contribution < 1.29 is 14.7 Å². The molecule has 4 rings (SSSR count). The molecular weight excluding hydrogens is 454 g/mol. The van der Waals surface area contributed by atoms with E-state index >= 15 is 0 Å². The minimum atomic E-state index is -1.87. The van der Waals surface area contributed by atoms with Crippen molar-refractivity contribution in [1.29, 1.82) is 0 Å². The number of carbonyl (C=O) groups excluding carboxylic acids is 2. The third-order valence-electron chi connectivity index (χ3n) is 7.23. The van der Waals surface area contributed by atoms with E-state index in [1.165, 1.54) is 11.1 Å². The zero-order chi connectivity index (χ0) is 22.8. The average Bonchev–Trinajstić information content (AvgIpc) is 2.94. The van der Waals surface area contributed by atoms with Crippen molar-refractivity contribution in [3.05, 3.63) is 62.6 Å². The maximum absolute atomic E-state index is 13.5. The Bertz CT molecular complexity index is 1100. The fourth-order valence-electron chi connectivity index (χ4n) is 5.03. The molecule has 2 aliphatic rings. The summed E-state index contributed by atoms with van der Waals surface area (Å²) in [5.74, 6) is -0.754. The van der Waals surface area contributed by atoms with Crippen LogP contribution in [0.2, 0.25) is 0 Å². The average molecular weight is 484 g/mol. The number of Topliss-reactive ketones (excluding diaryl/α,β-unsaturated/α-hetero) is 1. The zero-order valence-electron chi connectivity index (χ0n) is 18.9. The first-order valence-corrected chi connectivity index (χ1v) is 11.7. The molecule has 5 heteroatoms. The number of hydrogen-bond acceptors (Lipinski definition) is 3. The van der Waals surface area contributed by atoms with Gasteiger partial charge in [0.1, 0.15) is 0 Å². The predicted molar refractivity (Wildman–Crippen MR) is 127 cm³/mol. The number of rotatable bonds is 4. The number of anilines is 1. The van der Waals surface area contributed by atoms with E-state index in [9.17, 15) is 14.7 Å². The van der Waals surface area contributed by atoms with Crippen molar-refractivity contribution in [2.24, 2.45) is 0 Å². The number of halogens is 1. The topological polar surface area (TPSA) is 66.4 Å². The molecule has 0 spiro atoms. The van der Waals surface area contributed by atoms with Crippen LogP contribution in [0.25, 0.3) is 0 Å². The van der Waals surface area contributed by atoms with Crippen LogP contribution >= 0.6 is 15.9 Å². The van der Waals surface area contributed by atoms with Crippen molar-refractivity contribution in [3.63, 3.8) is 0 Å². The third kappa shape index (κ3) is 3.56. The second-order valence-corrected chi connectivity index (χ2v) is 11.2. The molecule has 1 atom stereocenters. The molecule has 2 aromatic rings. The Hall–Kier alpha value is -1.98. The van der Waals surface area contributed by atoms with Crippen LogP contribution in [-0.2, 0) is 27.6 Å². The molecule has 0 saturated heterocycles. The van der Waals surface area contributed by atoms with Gasteiger partial charge in [-0.3, -0.25) is 9.59 Å². The van der Waals surface area contributed by atoms with Gasteiger partial charge in [0, 0.05) is 21.3 Å². The maximum atomic E-state index is 13.5. The van der Waals surface area contributed by atoms with Gasteiger partial charge in [-0.1, -0.05) is 56.6 Å². The molecule has 0 fully saturated rings. The molecule has 1 aliphatic heterocycles. The van der Waals surface area contributed by atoms with Gasteiger partial charge in [0.15, 0.2) is 11.4 Å². The molecule has 0 radical (unpaired) electrons. The van der Waals surface area contributed by atoms with Gasteiger partial charge in [0.05, 0.1) is 6.42 Å². The number of aliphatic hydroxyl groups is 1. The van der Waals surface area contributed by atoms with Crippen LogP contribution in [0, 0.1) is 0 Å². The van der Waals surface area contributed by atoms with Crippen LogP contribution in [0.1, 0.15) is 86.5 Å². The quantitative estimate of drug-likeness (QED) is 0.542.